The third-order valence-electron chi connectivity index (χ3n) is 9.48. The van der Waals surface area contributed by atoms with Gasteiger partial charge in [0.1, 0.15) is 11.2 Å². The summed E-state index contributed by atoms with van der Waals surface area (Å²) in [7, 11) is 0. The molecular weight excluding hydrogens is 599 g/mol. The number of hydrogen-bond acceptors (Lipinski definition) is 4. The SMILES string of the molecule is c1ccc(-c2nc(-c3ccc(-c4ccc(-c5nc6ccc7ccccc7c6c6oc7ccccc7c56)cc4)cc3)c3ccccc3n2)cc1. The van der Waals surface area contributed by atoms with E-state index in [1.807, 2.05) is 42.5 Å². The quantitative estimate of drug-likeness (QED) is 0.183. The van der Waals surface area contributed by atoms with Crippen LogP contribution in [-0.4, -0.2) is 15.0 Å². The minimum Gasteiger partial charge on any atom is -0.455 e. The number of hydrogen-bond donors (Lipinski definition) is 0. The molecule has 0 unspecified atom stereocenters. The van der Waals surface area contributed by atoms with E-state index in [-0.39, 0.29) is 0 Å². The molecular formula is C45H27N3O. The van der Waals surface area contributed by atoms with Gasteiger partial charge in [0.25, 0.3) is 0 Å². The van der Waals surface area contributed by atoms with Crippen LogP contribution < -0.4 is 0 Å². The van der Waals surface area contributed by atoms with Gasteiger partial charge in [-0.25, -0.2) is 15.0 Å². The van der Waals surface area contributed by atoms with Gasteiger partial charge < -0.3 is 4.42 Å². The predicted octanol–water partition coefficient (Wildman–Crippen LogP) is 11.9. The van der Waals surface area contributed by atoms with Crippen LogP contribution in [-0.2, 0) is 0 Å². The molecule has 0 N–H and O–H groups in total. The van der Waals surface area contributed by atoms with E-state index in [1.54, 1.807) is 0 Å². The van der Waals surface area contributed by atoms with Crippen molar-refractivity contribution in [2.24, 2.45) is 0 Å². The van der Waals surface area contributed by atoms with Gasteiger partial charge in [0.2, 0.25) is 0 Å². The monoisotopic (exact) mass is 625 g/mol. The molecule has 0 atom stereocenters. The van der Waals surface area contributed by atoms with Crippen LogP contribution in [0.5, 0.6) is 0 Å². The molecule has 0 bridgehead atoms. The second kappa shape index (κ2) is 11.0. The zero-order valence-corrected chi connectivity index (χ0v) is 26.3. The largest absolute Gasteiger partial charge is 0.455 e. The molecule has 0 aliphatic heterocycles. The second-order valence-electron chi connectivity index (χ2n) is 12.4. The molecule has 10 aromatic rings. The predicted molar refractivity (Wildman–Crippen MR) is 201 cm³/mol. The van der Waals surface area contributed by atoms with Crippen LogP contribution in [0, 0.1) is 0 Å². The summed E-state index contributed by atoms with van der Waals surface area (Å²) in [5.41, 5.74) is 10.8. The van der Waals surface area contributed by atoms with Crippen LogP contribution in [0.15, 0.2) is 168 Å². The van der Waals surface area contributed by atoms with Gasteiger partial charge >= 0.3 is 0 Å². The number of rotatable bonds is 4. The molecule has 7 aromatic carbocycles. The maximum atomic E-state index is 6.59. The molecule has 0 fully saturated rings. The molecule has 10 rings (SSSR count). The lowest BCUT2D eigenvalue weighted by Crippen LogP contribution is -1.95. The van der Waals surface area contributed by atoms with E-state index in [0.29, 0.717) is 0 Å². The number of fused-ring (bicyclic) bond motifs is 8. The fourth-order valence-electron chi connectivity index (χ4n) is 7.09. The second-order valence-corrected chi connectivity index (χ2v) is 12.4. The van der Waals surface area contributed by atoms with Crippen molar-refractivity contribution in [3.8, 4) is 45.0 Å². The lowest BCUT2D eigenvalue weighted by atomic mass is 9.97. The molecule has 4 heteroatoms. The van der Waals surface area contributed by atoms with Crippen LogP contribution in [0.25, 0.3) is 99.5 Å². The Morgan fingerprint density at radius 2 is 0.959 bits per heavy atom. The summed E-state index contributed by atoms with van der Waals surface area (Å²) in [6.07, 6.45) is 0. The molecule has 49 heavy (non-hydrogen) atoms. The molecule has 0 aliphatic carbocycles. The van der Waals surface area contributed by atoms with Gasteiger partial charge in [-0.15, -0.1) is 0 Å². The Labute approximate surface area is 282 Å². The van der Waals surface area contributed by atoms with E-state index in [0.717, 1.165) is 94.2 Å². The lowest BCUT2D eigenvalue weighted by molar-refractivity contribution is 0.673. The molecule has 0 aliphatic rings. The Morgan fingerprint density at radius 1 is 0.347 bits per heavy atom. The van der Waals surface area contributed by atoms with E-state index in [2.05, 4.69) is 121 Å². The smallest absolute Gasteiger partial charge is 0.160 e. The fraction of sp³-hybridized carbons (Fsp3) is 0. The van der Waals surface area contributed by atoms with Crippen molar-refractivity contribution >= 4 is 54.5 Å². The van der Waals surface area contributed by atoms with Gasteiger partial charge in [-0.1, -0.05) is 146 Å². The number of para-hydroxylation sites is 2. The first kappa shape index (κ1) is 27.5. The van der Waals surface area contributed by atoms with Gasteiger partial charge in [-0.3, -0.25) is 0 Å². The molecule has 228 valence electrons. The average molecular weight is 626 g/mol. The van der Waals surface area contributed by atoms with Crippen molar-refractivity contribution in [1.29, 1.82) is 0 Å². The molecule has 0 saturated carbocycles. The van der Waals surface area contributed by atoms with Gasteiger partial charge in [0.15, 0.2) is 5.82 Å². The minimum atomic E-state index is 0.726. The van der Waals surface area contributed by atoms with E-state index in [9.17, 15) is 0 Å². The summed E-state index contributed by atoms with van der Waals surface area (Å²) < 4.78 is 6.59. The molecule has 0 amide bonds. The summed E-state index contributed by atoms with van der Waals surface area (Å²) in [5.74, 6) is 0.726. The zero-order chi connectivity index (χ0) is 32.3. The van der Waals surface area contributed by atoms with E-state index in [1.165, 1.54) is 5.39 Å². The summed E-state index contributed by atoms with van der Waals surface area (Å²) in [6.45, 7) is 0. The van der Waals surface area contributed by atoms with Crippen molar-refractivity contribution in [3.05, 3.63) is 164 Å². The van der Waals surface area contributed by atoms with Crippen LogP contribution in [0.3, 0.4) is 0 Å². The van der Waals surface area contributed by atoms with E-state index >= 15 is 0 Å². The van der Waals surface area contributed by atoms with Crippen LogP contribution in [0.4, 0.5) is 0 Å². The zero-order valence-electron chi connectivity index (χ0n) is 26.3. The van der Waals surface area contributed by atoms with Crippen molar-refractivity contribution in [1.82, 2.24) is 15.0 Å². The van der Waals surface area contributed by atoms with Crippen molar-refractivity contribution in [2.45, 2.75) is 0 Å². The van der Waals surface area contributed by atoms with Crippen molar-refractivity contribution < 1.29 is 4.42 Å². The maximum absolute atomic E-state index is 6.59. The molecule has 4 nitrogen and oxygen atoms in total. The molecule has 0 spiro atoms. The third-order valence-corrected chi connectivity index (χ3v) is 9.48. The Kier molecular flexibility index (Phi) is 6.15. The molecule has 3 heterocycles. The molecule has 0 saturated heterocycles. The van der Waals surface area contributed by atoms with Gasteiger partial charge in [-0.2, -0.15) is 0 Å². The summed E-state index contributed by atoms with van der Waals surface area (Å²) in [4.78, 5) is 15.2. The maximum Gasteiger partial charge on any atom is 0.160 e. The standard InChI is InChI=1S/C45H27N3O/c1-2-11-33(12-3-1)45-47-37-16-8-6-14-35(37)42(48-45)31-22-18-28(19-23-31)29-20-24-32(25-21-29)43-41-36-15-7-9-17-39(36)49-44(41)40-34-13-5-4-10-30(34)26-27-38(40)46-43/h1-27H. The normalized spacial score (nSPS) is 11.7. The summed E-state index contributed by atoms with van der Waals surface area (Å²) in [6, 6.07) is 56.7. The fourth-order valence-corrected chi connectivity index (χ4v) is 7.09. The highest BCUT2D eigenvalue weighted by atomic mass is 16.3. The van der Waals surface area contributed by atoms with E-state index < -0.39 is 0 Å². The third kappa shape index (κ3) is 4.49. The van der Waals surface area contributed by atoms with E-state index in [4.69, 9.17) is 19.4 Å². The Morgan fingerprint density at radius 3 is 1.73 bits per heavy atom. The average Bonchev–Trinajstić information content (AvgIpc) is 3.57. The number of nitrogens with zero attached hydrogens (tertiary/aromatic N) is 3. The van der Waals surface area contributed by atoms with Gasteiger partial charge in [0, 0.05) is 27.5 Å². The van der Waals surface area contributed by atoms with Gasteiger partial charge in [0.05, 0.1) is 33.2 Å². The highest BCUT2D eigenvalue weighted by Gasteiger charge is 2.19. The highest BCUT2D eigenvalue weighted by molar-refractivity contribution is 6.25. The van der Waals surface area contributed by atoms with Crippen molar-refractivity contribution in [2.75, 3.05) is 0 Å². The number of benzene rings is 7. The number of aromatic nitrogens is 3. The minimum absolute atomic E-state index is 0.726. The van der Waals surface area contributed by atoms with Gasteiger partial charge in [-0.05, 0) is 40.1 Å². The summed E-state index contributed by atoms with van der Waals surface area (Å²) >= 11 is 0. The number of pyridine rings is 1. The first-order valence-corrected chi connectivity index (χ1v) is 16.4. The summed E-state index contributed by atoms with van der Waals surface area (Å²) in [5, 5.41) is 6.52. The first-order chi connectivity index (χ1) is 24.3. The number of furan rings is 1. The Hall–Kier alpha value is -6.65. The lowest BCUT2D eigenvalue weighted by Gasteiger charge is -2.11. The van der Waals surface area contributed by atoms with Crippen molar-refractivity contribution in [3.63, 3.8) is 0 Å². The van der Waals surface area contributed by atoms with Crippen LogP contribution >= 0.6 is 0 Å². The molecule has 3 aromatic heterocycles. The highest BCUT2D eigenvalue weighted by Crippen LogP contribution is 2.42. The van der Waals surface area contributed by atoms with Crippen LogP contribution in [0.2, 0.25) is 0 Å². The Bertz CT molecular complexity index is 2860. The van der Waals surface area contributed by atoms with Crippen LogP contribution in [0.1, 0.15) is 0 Å². The molecule has 0 radical (unpaired) electrons. The Balaban J connectivity index is 1.06. The first-order valence-electron chi connectivity index (χ1n) is 16.4. The topological polar surface area (TPSA) is 51.8 Å².